The van der Waals surface area contributed by atoms with Crippen molar-refractivity contribution in [3.63, 3.8) is 0 Å². The Bertz CT molecular complexity index is 1090. The van der Waals surface area contributed by atoms with E-state index in [1.54, 1.807) is 7.11 Å². The molecule has 4 nitrogen and oxygen atoms in total. The first-order valence-electron chi connectivity index (χ1n) is 8.65. The standard InChI is InChI=1S/C23H18N2O2/c1-27-19-13-12-17-14-20(22(26)16-8-4-2-5-9-16)23(25-21(17)15-19)24-18-10-6-3-7-11-18/h2-15H,1H3,(H,24,25). The molecule has 0 aliphatic rings. The van der Waals surface area contributed by atoms with Gasteiger partial charge in [0.25, 0.3) is 0 Å². The van der Waals surface area contributed by atoms with E-state index in [1.807, 2.05) is 84.9 Å². The highest BCUT2D eigenvalue weighted by Crippen LogP contribution is 2.28. The second kappa shape index (κ2) is 7.30. The van der Waals surface area contributed by atoms with Gasteiger partial charge in [0.15, 0.2) is 5.78 Å². The van der Waals surface area contributed by atoms with Gasteiger partial charge in [0.05, 0.1) is 18.2 Å². The van der Waals surface area contributed by atoms with E-state index >= 15 is 0 Å². The Morgan fingerprint density at radius 2 is 1.59 bits per heavy atom. The van der Waals surface area contributed by atoms with Gasteiger partial charge in [0.1, 0.15) is 11.6 Å². The predicted molar refractivity (Wildman–Crippen MR) is 108 cm³/mol. The number of benzene rings is 3. The van der Waals surface area contributed by atoms with Crippen LogP contribution in [0, 0.1) is 0 Å². The van der Waals surface area contributed by atoms with E-state index in [0.29, 0.717) is 16.9 Å². The minimum absolute atomic E-state index is 0.0701. The van der Waals surface area contributed by atoms with Crippen LogP contribution in [-0.2, 0) is 0 Å². The molecule has 4 aromatic rings. The topological polar surface area (TPSA) is 51.2 Å². The van der Waals surface area contributed by atoms with Crippen molar-refractivity contribution in [3.8, 4) is 5.75 Å². The largest absolute Gasteiger partial charge is 0.497 e. The Kier molecular flexibility index (Phi) is 4.54. The second-order valence-electron chi connectivity index (χ2n) is 6.13. The maximum atomic E-state index is 13.1. The van der Waals surface area contributed by atoms with E-state index in [9.17, 15) is 4.79 Å². The van der Waals surface area contributed by atoms with Gasteiger partial charge in [0, 0.05) is 22.7 Å². The van der Waals surface area contributed by atoms with Crippen LogP contribution >= 0.6 is 0 Å². The molecule has 1 heterocycles. The molecular weight excluding hydrogens is 336 g/mol. The number of fused-ring (bicyclic) bond motifs is 1. The first-order chi connectivity index (χ1) is 13.2. The summed E-state index contributed by atoms with van der Waals surface area (Å²) in [4.78, 5) is 17.8. The third-order valence-corrected chi connectivity index (χ3v) is 4.34. The van der Waals surface area contributed by atoms with Crippen LogP contribution in [-0.4, -0.2) is 17.9 Å². The molecule has 0 aliphatic carbocycles. The molecular formula is C23H18N2O2. The maximum Gasteiger partial charge on any atom is 0.196 e. The first kappa shape index (κ1) is 16.8. The monoisotopic (exact) mass is 354 g/mol. The summed E-state index contributed by atoms with van der Waals surface area (Å²) in [6, 6.07) is 26.4. The van der Waals surface area contributed by atoms with Gasteiger partial charge < -0.3 is 10.1 Å². The van der Waals surface area contributed by atoms with Crippen LogP contribution in [0.4, 0.5) is 11.5 Å². The van der Waals surface area contributed by atoms with E-state index in [4.69, 9.17) is 9.72 Å². The highest BCUT2D eigenvalue weighted by Gasteiger charge is 2.17. The number of anilines is 2. The zero-order chi connectivity index (χ0) is 18.6. The lowest BCUT2D eigenvalue weighted by Gasteiger charge is -2.13. The SMILES string of the molecule is COc1ccc2cc(C(=O)c3ccccc3)c(Nc3ccccc3)nc2c1. The molecule has 4 rings (SSSR count). The Morgan fingerprint density at radius 1 is 0.889 bits per heavy atom. The number of carbonyl (C=O) groups is 1. The molecule has 0 fully saturated rings. The number of carbonyl (C=O) groups excluding carboxylic acids is 1. The number of para-hydroxylation sites is 1. The molecule has 27 heavy (non-hydrogen) atoms. The van der Waals surface area contributed by atoms with Gasteiger partial charge in [-0.05, 0) is 30.3 Å². The van der Waals surface area contributed by atoms with Gasteiger partial charge in [-0.1, -0.05) is 48.5 Å². The number of ketones is 1. The number of hydrogen-bond donors (Lipinski definition) is 1. The Balaban J connectivity index is 1.86. The lowest BCUT2D eigenvalue weighted by atomic mass is 10.0. The van der Waals surface area contributed by atoms with Crippen molar-refractivity contribution >= 4 is 28.2 Å². The van der Waals surface area contributed by atoms with Crippen LogP contribution in [0.2, 0.25) is 0 Å². The van der Waals surface area contributed by atoms with Gasteiger partial charge in [-0.15, -0.1) is 0 Å². The second-order valence-corrected chi connectivity index (χ2v) is 6.13. The van der Waals surface area contributed by atoms with Crippen molar-refractivity contribution in [2.24, 2.45) is 0 Å². The van der Waals surface area contributed by atoms with E-state index in [2.05, 4.69) is 5.32 Å². The number of aromatic nitrogens is 1. The number of hydrogen-bond acceptors (Lipinski definition) is 4. The molecule has 0 spiro atoms. The lowest BCUT2D eigenvalue weighted by Crippen LogP contribution is -2.07. The van der Waals surface area contributed by atoms with Crippen molar-refractivity contribution in [2.75, 3.05) is 12.4 Å². The number of nitrogens with zero attached hydrogens (tertiary/aromatic N) is 1. The Hall–Kier alpha value is -3.66. The average Bonchev–Trinajstić information content (AvgIpc) is 2.73. The molecule has 0 bridgehead atoms. The predicted octanol–water partition coefficient (Wildman–Crippen LogP) is 5.22. The zero-order valence-corrected chi connectivity index (χ0v) is 14.8. The van der Waals surface area contributed by atoms with E-state index < -0.39 is 0 Å². The first-order valence-corrected chi connectivity index (χ1v) is 8.65. The maximum absolute atomic E-state index is 13.1. The fourth-order valence-corrected chi connectivity index (χ4v) is 2.95. The summed E-state index contributed by atoms with van der Waals surface area (Å²) in [6.07, 6.45) is 0. The normalized spacial score (nSPS) is 10.6. The van der Waals surface area contributed by atoms with Crippen LogP contribution in [0.3, 0.4) is 0 Å². The highest BCUT2D eigenvalue weighted by atomic mass is 16.5. The molecule has 0 saturated carbocycles. The van der Waals surface area contributed by atoms with Gasteiger partial charge in [0.2, 0.25) is 0 Å². The minimum Gasteiger partial charge on any atom is -0.497 e. The summed E-state index contributed by atoms with van der Waals surface area (Å²) in [6.45, 7) is 0. The average molecular weight is 354 g/mol. The van der Waals surface area contributed by atoms with E-state index in [1.165, 1.54) is 0 Å². The molecule has 4 heteroatoms. The van der Waals surface area contributed by atoms with Gasteiger partial charge in [-0.25, -0.2) is 4.98 Å². The third-order valence-electron chi connectivity index (χ3n) is 4.34. The fraction of sp³-hybridized carbons (Fsp3) is 0.0435. The van der Waals surface area contributed by atoms with Crippen molar-refractivity contribution < 1.29 is 9.53 Å². The minimum atomic E-state index is -0.0701. The van der Waals surface area contributed by atoms with Crippen molar-refractivity contribution in [2.45, 2.75) is 0 Å². The molecule has 0 aliphatic heterocycles. The molecule has 132 valence electrons. The third kappa shape index (κ3) is 3.51. The van der Waals surface area contributed by atoms with Gasteiger partial charge in [-0.3, -0.25) is 4.79 Å². The number of nitrogens with one attached hydrogen (secondary N) is 1. The van der Waals surface area contributed by atoms with E-state index in [-0.39, 0.29) is 5.78 Å². The smallest absolute Gasteiger partial charge is 0.196 e. The highest BCUT2D eigenvalue weighted by molar-refractivity contribution is 6.13. The molecule has 0 unspecified atom stereocenters. The van der Waals surface area contributed by atoms with E-state index in [0.717, 1.165) is 22.3 Å². The molecule has 1 aromatic heterocycles. The number of rotatable bonds is 5. The van der Waals surface area contributed by atoms with Crippen LogP contribution in [0.25, 0.3) is 10.9 Å². The summed E-state index contributed by atoms with van der Waals surface area (Å²) in [5, 5.41) is 4.16. The van der Waals surface area contributed by atoms with Crippen LogP contribution < -0.4 is 10.1 Å². The molecule has 3 aromatic carbocycles. The van der Waals surface area contributed by atoms with Gasteiger partial charge >= 0.3 is 0 Å². The van der Waals surface area contributed by atoms with Crippen molar-refractivity contribution in [1.29, 1.82) is 0 Å². The number of methoxy groups -OCH3 is 1. The summed E-state index contributed by atoms with van der Waals surface area (Å²) < 4.78 is 5.30. The van der Waals surface area contributed by atoms with Crippen molar-refractivity contribution in [1.82, 2.24) is 4.98 Å². The summed E-state index contributed by atoms with van der Waals surface area (Å²) in [7, 11) is 1.62. The molecule has 1 N–H and O–H groups in total. The van der Waals surface area contributed by atoms with Crippen molar-refractivity contribution in [3.05, 3.63) is 96.1 Å². The molecule has 0 atom stereocenters. The summed E-state index contributed by atoms with van der Waals surface area (Å²) in [5.41, 5.74) is 2.79. The Morgan fingerprint density at radius 3 is 2.30 bits per heavy atom. The molecule has 0 radical (unpaired) electrons. The van der Waals surface area contributed by atoms with Crippen LogP contribution in [0.15, 0.2) is 84.9 Å². The number of pyridine rings is 1. The fourth-order valence-electron chi connectivity index (χ4n) is 2.95. The summed E-state index contributed by atoms with van der Waals surface area (Å²) in [5.74, 6) is 1.18. The number of ether oxygens (including phenoxy) is 1. The van der Waals surface area contributed by atoms with Gasteiger partial charge in [-0.2, -0.15) is 0 Å². The lowest BCUT2D eigenvalue weighted by molar-refractivity contribution is 0.103. The molecule has 0 saturated heterocycles. The Labute approximate surface area is 157 Å². The van der Waals surface area contributed by atoms with Crippen LogP contribution in [0.1, 0.15) is 15.9 Å². The van der Waals surface area contributed by atoms with Crippen LogP contribution in [0.5, 0.6) is 5.75 Å². The molecule has 0 amide bonds. The zero-order valence-electron chi connectivity index (χ0n) is 14.8. The quantitative estimate of drug-likeness (QED) is 0.499. The summed E-state index contributed by atoms with van der Waals surface area (Å²) >= 11 is 0.